The van der Waals surface area contributed by atoms with E-state index in [1.165, 1.54) is 0 Å². The molecule has 0 aromatic heterocycles. The van der Waals surface area contributed by atoms with Crippen LogP contribution < -0.4 is 15.0 Å². The first-order chi connectivity index (χ1) is 13.8. The molecule has 0 fully saturated rings. The molecule has 1 aliphatic heterocycles. The van der Waals surface area contributed by atoms with Crippen LogP contribution in [-0.4, -0.2) is 18.8 Å². The first kappa shape index (κ1) is 19.2. The molecule has 150 valence electrons. The Labute approximate surface area is 171 Å². The third kappa shape index (κ3) is 3.41. The summed E-state index contributed by atoms with van der Waals surface area (Å²) in [5, 5.41) is 3.49. The SMILES string of the molecule is COc1cccc([C@H]2C3=C(CC(C)(C)CC3=O)Nc3ccccc3N2C(C)=O)c1. The van der Waals surface area contributed by atoms with E-state index in [9.17, 15) is 9.59 Å². The number of ketones is 1. The topological polar surface area (TPSA) is 58.6 Å². The van der Waals surface area contributed by atoms with Crippen molar-refractivity contribution in [1.82, 2.24) is 0 Å². The van der Waals surface area contributed by atoms with E-state index in [-0.39, 0.29) is 17.1 Å². The van der Waals surface area contributed by atoms with Gasteiger partial charge in [0.15, 0.2) is 5.78 Å². The Balaban J connectivity index is 2.01. The predicted octanol–water partition coefficient (Wildman–Crippen LogP) is 4.86. The van der Waals surface area contributed by atoms with Crippen LogP contribution in [0.2, 0.25) is 0 Å². The minimum Gasteiger partial charge on any atom is -0.497 e. The van der Waals surface area contributed by atoms with E-state index in [1.54, 1.807) is 18.9 Å². The molecule has 1 atom stereocenters. The molecule has 0 unspecified atom stereocenters. The fourth-order valence-electron chi connectivity index (χ4n) is 4.46. The lowest BCUT2D eigenvalue weighted by molar-refractivity contribution is -0.118. The predicted molar refractivity (Wildman–Crippen MR) is 114 cm³/mol. The highest BCUT2D eigenvalue weighted by atomic mass is 16.5. The van der Waals surface area contributed by atoms with Gasteiger partial charge >= 0.3 is 0 Å². The van der Waals surface area contributed by atoms with Crippen molar-refractivity contribution in [1.29, 1.82) is 0 Å². The van der Waals surface area contributed by atoms with Crippen LogP contribution in [0.5, 0.6) is 5.75 Å². The second-order valence-electron chi connectivity index (χ2n) is 8.54. The summed E-state index contributed by atoms with van der Waals surface area (Å²) < 4.78 is 5.42. The maximum atomic E-state index is 13.4. The van der Waals surface area contributed by atoms with E-state index in [0.29, 0.717) is 17.7 Å². The Bertz CT molecular complexity index is 1020. The number of nitrogens with zero attached hydrogens (tertiary/aromatic N) is 1. The zero-order valence-electron chi connectivity index (χ0n) is 17.3. The summed E-state index contributed by atoms with van der Waals surface area (Å²) in [6.07, 6.45) is 1.20. The molecule has 0 spiro atoms. The van der Waals surface area contributed by atoms with Crippen molar-refractivity contribution in [2.45, 2.75) is 39.7 Å². The summed E-state index contributed by atoms with van der Waals surface area (Å²) in [5.74, 6) is 0.663. The molecule has 0 bridgehead atoms. The third-order valence-electron chi connectivity index (χ3n) is 5.65. The van der Waals surface area contributed by atoms with Gasteiger partial charge in [0.05, 0.1) is 24.5 Å². The van der Waals surface area contributed by atoms with Crippen molar-refractivity contribution in [2.24, 2.45) is 5.41 Å². The van der Waals surface area contributed by atoms with Crippen molar-refractivity contribution < 1.29 is 14.3 Å². The Hall–Kier alpha value is -3.08. The van der Waals surface area contributed by atoms with Crippen LogP contribution in [0.1, 0.15) is 45.2 Å². The summed E-state index contributed by atoms with van der Waals surface area (Å²) in [6.45, 7) is 5.76. The number of hydrogen-bond donors (Lipinski definition) is 1. The summed E-state index contributed by atoms with van der Waals surface area (Å²) in [5.41, 5.74) is 3.90. The van der Waals surface area contributed by atoms with Gasteiger partial charge in [-0.05, 0) is 41.7 Å². The van der Waals surface area contributed by atoms with Crippen LogP contribution in [0.25, 0.3) is 0 Å². The number of fused-ring (bicyclic) bond motifs is 1. The smallest absolute Gasteiger partial charge is 0.224 e. The molecule has 1 amide bonds. The lowest BCUT2D eigenvalue weighted by atomic mass is 9.73. The summed E-state index contributed by atoms with van der Waals surface area (Å²) in [7, 11) is 1.62. The lowest BCUT2D eigenvalue weighted by Gasteiger charge is -2.36. The molecule has 0 saturated carbocycles. The number of carbonyl (C=O) groups is 2. The van der Waals surface area contributed by atoms with E-state index in [4.69, 9.17) is 4.74 Å². The largest absolute Gasteiger partial charge is 0.497 e. The fraction of sp³-hybridized carbons (Fsp3) is 0.333. The molecule has 4 rings (SSSR count). The molecular weight excluding hydrogens is 364 g/mol. The molecule has 1 heterocycles. The number of ether oxygens (including phenoxy) is 1. The number of anilines is 2. The number of carbonyl (C=O) groups excluding carboxylic acids is 2. The molecule has 1 N–H and O–H groups in total. The van der Waals surface area contributed by atoms with Crippen molar-refractivity contribution in [3.8, 4) is 5.75 Å². The molecule has 5 heteroatoms. The maximum Gasteiger partial charge on any atom is 0.224 e. The maximum absolute atomic E-state index is 13.4. The van der Waals surface area contributed by atoms with Crippen LogP contribution >= 0.6 is 0 Å². The van der Waals surface area contributed by atoms with Crippen LogP contribution in [0.15, 0.2) is 59.8 Å². The average molecular weight is 390 g/mol. The second kappa shape index (κ2) is 7.07. The molecule has 2 aromatic rings. The van der Waals surface area contributed by atoms with Crippen molar-refractivity contribution in [3.63, 3.8) is 0 Å². The van der Waals surface area contributed by atoms with Gasteiger partial charge in [-0.15, -0.1) is 0 Å². The van der Waals surface area contributed by atoms with E-state index in [1.807, 2.05) is 48.5 Å². The van der Waals surface area contributed by atoms with E-state index >= 15 is 0 Å². The molecule has 2 aliphatic rings. The van der Waals surface area contributed by atoms with Gasteiger partial charge in [-0.2, -0.15) is 0 Å². The highest BCUT2D eigenvalue weighted by molar-refractivity contribution is 6.05. The van der Waals surface area contributed by atoms with Crippen LogP contribution in [0.4, 0.5) is 11.4 Å². The number of para-hydroxylation sites is 2. The molecule has 5 nitrogen and oxygen atoms in total. The third-order valence-corrected chi connectivity index (χ3v) is 5.65. The van der Waals surface area contributed by atoms with Crippen molar-refractivity contribution in [3.05, 3.63) is 65.4 Å². The Kier molecular flexibility index (Phi) is 4.69. The standard InChI is InChI=1S/C24H26N2O3/c1-15(27)26-20-11-6-5-10-18(20)25-19-13-24(2,3)14-21(28)22(19)23(26)16-8-7-9-17(12-16)29-4/h5-12,23,25H,13-14H2,1-4H3/t23-/m0/s1. The zero-order chi connectivity index (χ0) is 20.8. The first-order valence-corrected chi connectivity index (χ1v) is 9.87. The monoisotopic (exact) mass is 390 g/mol. The number of nitrogens with one attached hydrogen (secondary N) is 1. The summed E-state index contributed by atoms with van der Waals surface area (Å²) >= 11 is 0. The van der Waals surface area contributed by atoms with Gasteiger partial charge in [0, 0.05) is 24.6 Å². The number of allylic oxidation sites excluding steroid dienone is 1. The van der Waals surface area contributed by atoms with Gasteiger partial charge in [-0.3, -0.25) is 14.5 Å². The number of amides is 1. The van der Waals surface area contributed by atoms with Gasteiger partial charge in [-0.1, -0.05) is 38.1 Å². The molecule has 0 radical (unpaired) electrons. The number of Topliss-reactive ketones (excluding diaryl/α,β-unsaturated/α-hetero) is 1. The van der Waals surface area contributed by atoms with Gasteiger partial charge in [0.25, 0.3) is 0 Å². The number of benzene rings is 2. The van der Waals surface area contributed by atoms with Crippen molar-refractivity contribution in [2.75, 3.05) is 17.3 Å². The molecule has 0 saturated heterocycles. The van der Waals surface area contributed by atoms with Gasteiger partial charge in [0.1, 0.15) is 5.75 Å². The first-order valence-electron chi connectivity index (χ1n) is 9.87. The normalized spacial score (nSPS) is 20.3. The molecular formula is C24H26N2O3. The zero-order valence-corrected chi connectivity index (χ0v) is 17.3. The van der Waals surface area contributed by atoms with Crippen LogP contribution in [0, 0.1) is 5.41 Å². The fourth-order valence-corrected chi connectivity index (χ4v) is 4.46. The number of hydrogen-bond acceptors (Lipinski definition) is 4. The van der Waals surface area contributed by atoms with E-state index in [0.717, 1.165) is 29.1 Å². The summed E-state index contributed by atoms with van der Waals surface area (Å²) in [4.78, 5) is 28.0. The molecule has 2 aromatic carbocycles. The molecule has 1 aliphatic carbocycles. The number of methoxy groups -OCH3 is 1. The number of rotatable bonds is 2. The lowest BCUT2D eigenvalue weighted by Crippen LogP contribution is -2.38. The highest BCUT2D eigenvalue weighted by Gasteiger charge is 2.42. The van der Waals surface area contributed by atoms with Crippen molar-refractivity contribution >= 4 is 23.1 Å². The van der Waals surface area contributed by atoms with E-state index in [2.05, 4.69) is 19.2 Å². The quantitative estimate of drug-likeness (QED) is 0.796. The van der Waals surface area contributed by atoms with Crippen LogP contribution in [0.3, 0.4) is 0 Å². The Morgan fingerprint density at radius 1 is 1.14 bits per heavy atom. The Morgan fingerprint density at radius 2 is 1.90 bits per heavy atom. The van der Waals surface area contributed by atoms with Gasteiger partial charge in [0.2, 0.25) is 5.91 Å². The minimum absolute atomic E-state index is 0.0793. The Morgan fingerprint density at radius 3 is 2.62 bits per heavy atom. The second-order valence-corrected chi connectivity index (χ2v) is 8.54. The average Bonchev–Trinajstić information content (AvgIpc) is 2.81. The minimum atomic E-state index is -0.502. The van der Waals surface area contributed by atoms with Gasteiger partial charge < -0.3 is 10.1 Å². The van der Waals surface area contributed by atoms with Crippen LogP contribution in [-0.2, 0) is 9.59 Å². The highest BCUT2D eigenvalue weighted by Crippen LogP contribution is 2.48. The van der Waals surface area contributed by atoms with E-state index < -0.39 is 6.04 Å². The molecule has 29 heavy (non-hydrogen) atoms. The summed E-state index contributed by atoms with van der Waals surface area (Å²) in [6, 6.07) is 14.8. The van der Waals surface area contributed by atoms with Gasteiger partial charge in [-0.25, -0.2) is 0 Å².